The standard InChI is InChI=1S/C23H16F3N3O4S2/c24-23(25,26)14-8-4-5-9-15(14)27-18(30)12-28-19(31)11-16(20(28)32)29-21(33)17(35-22(29)34)10-13-6-2-1-3-7-13/h1-10,16H,11-12H2,(H,27,30)/b17-10-/t16-/m0/s1. The van der Waals surface area contributed by atoms with Crippen molar-refractivity contribution in [3.8, 4) is 0 Å². The highest BCUT2D eigenvalue weighted by atomic mass is 32.2. The van der Waals surface area contributed by atoms with E-state index in [0.717, 1.165) is 34.4 Å². The molecule has 1 N–H and O–H groups in total. The summed E-state index contributed by atoms with van der Waals surface area (Å²) in [6.45, 7) is -0.797. The van der Waals surface area contributed by atoms with Gasteiger partial charge in [-0.2, -0.15) is 13.2 Å². The van der Waals surface area contributed by atoms with Crippen LogP contribution in [0.4, 0.5) is 18.9 Å². The molecule has 0 unspecified atom stereocenters. The highest BCUT2D eigenvalue weighted by molar-refractivity contribution is 8.26. The molecule has 0 aliphatic carbocycles. The van der Waals surface area contributed by atoms with Crippen LogP contribution in [0.3, 0.4) is 0 Å². The highest BCUT2D eigenvalue weighted by Gasteiger charge is 2.48. The molecule has 0 bridgehead atoms. The SMILES string of the molecule is O=C(CN1C(=O)C[C@H](N2C(=O)/C(=C/c3ccccc3)SC2=S)C1=O)Nc1ccccc1C(F)(F)F. The van der Waals surface area contributed by atoms with Crippen molar-refractivity contribution in [1.82, 2.24) is 9.80 Å². The first-order chi connectivity index (χ1) is 16.6. The summed E-state index contributed by atoms with van der Waals surface area (Å²) in [5, 5.41) is 2.10. The number of para-hydroxylation sites is 1. The molecule has 7 nitrogen and oxygen atoms in total. The van der Waals surface area contributed by atoms with E-state index in [1.54, 1.807) is 30.3 Å². The molecule has 0 radical (unpaired) electrons. The number of likely N-dealkylation sites (tertiary alicyclic amines) is 1. The largest absolute Gasteiger partial charge is 0.418 e. The number of hydrogen-bond donors (Lipinski definition) is 1. The topological polar surface area (TPSA) is 86.8 Å². The Balaban J connectivity index is 1.47. The minimum atomic E-state index is -4.71. The van der Waals surface area contributed by atoms with Gasteiger partial charge in [0.2, 0.25) is 11.8 Å². The second kappa shape index (κ2) is 9.62. The van der Waals surface area contributed by atoms with Gasteiger partial charge in [-0.1, -0.05) is 66.4 Å². The van der Waals surface area contributed by atoms with Gasteiger partial charge in [0.25, 0.3) is 11.8 Å². The molecule has 2 aromatic carbocycles. The van der Waals surface area contributed by atoms with Crippen molar-refractivity contribution in [3.05, 3.63) is 70.6 Å². The highest BCUT2D eigenvalue weighted by Crippen LogP contribution is 2.37. The van der Waals surface area contributed by atoms with Crippen molar-refractivity contribution < 1.29 is 32.3 Å². The zero-order valence-electron chi connectivity index (χ0n) is 17.7. The molecule has 2 heterocycles. The van der Waals surface area contributed by atoms with Gasteiger partial charge in [-0.05, 0) is 23.8 Å². The number of thioether (sulfide) groups is 1. The molecule has 2 saturated heterocycles. The van der Waals surface area contributed by atoms with Crippen molar-refractivity contribution in [2.45, 2.75) is 18.6 Å². The lowest BCUT2D eigenvalue weighted by molar-refractivity contribution is -0.143. The zero-order chi connectivity index (χ0) is 25.3. The number of nitrogens with one attached hydrogen (secondary N) is 1. The van der Waals surface area contributed by atoms with Gasteiger partial charge in [-0.25, -0.2) is 0 Å². The van der Waals surface area contributed by atoms with Crippen molar-refractivity contribution >= 4 is 63.7 Å². The van der Waals surface area contributed by atoms with E-state index in [4.69, 9.17) is 12.2 Å². The van der Waals surface area contributed by atoms with Crippen molar-refractivity contribution in [3.63, 3.8) is 0 Å². The first-order valence-corrected chi connectivity index (χ1v) is 11.4. The molecule has 4 rings (SSSR count). The number of hydrogen-bond acceptors (Lipinski definition) is 6. The average Bonchev–Trinajstić information content (AvgIpc) is 3.22. The molecule has 0 saturated carbocycles. The second-order valence-corrected chi connectivity index (χ2v) is 9.27. The van der Waals surface area contributed by atoms with Crippen LogP contribution in [0.25, 0.3) is 6.08 Å². The van der Waals surface area contributed by atoms with Crippen LogP contribution in [-0.2, 0) is 25.4 Å². The summed E-state index contributed by atoms with van der Waals surface area (Å²) in [5.74, 6) is -3.09. The number of nitrogens with zero attached hydrogens (tertiary/aromatic N) is 2. The maximum atomic E-state index is 13.2. The predicted molar refractivity (Wildman–Crippen MR) is 127 cm³/mol. The van der Waals surface area contributed by atoms with Gasteiger partial charge in [-0.15, -0.1) is 0 Å². The van der Waals surface area contributed by atoms with E-state index in [1.807, 2.05) is 6.07 Å². The van der Waals surface area contributed by atoms with Gasteiger partial charge in [0.15, 0.2) is 0 Å². The van der Waals surface area contributed by atoms with E-state index in [2.05, 4.69) is 5.32 Å². The molecule has 1 atom stereocenters. The lowest BCUT2D eigenvalue weighted by Gasteiger charge is -2.21. The van der Waals surface area contributed by atoms with E-state index in [1.165, 1.54) is 12.1 Å². The normalized spacial score (nSPS) is 19.7. The minimum Gasteiger partial charge on any atom is -0.324 e. The number of rotatable bonds is 5. The molecular weight excluding hydrogens is 503 g/mol. The van der Waals surface area contributed by atoms with Crippen LogP contribution in [0.15, 0.2) is 59.5 Å². The van der Waals surface area contributed by atoms with Crippen LogP contribution in [0.1, 0.15) is 17.5 Å². The Hall–Kier alpha value is -3.51. The number of imide groups is 1. The summed E-state index contributed by atoms with van der Waals surface area (Å²) in [4.78, 5) is 52.7. The minimum absolute atomic E-state index is 0.0914. The lowest BCUT2D eigenvalue weighted by atomic mass is 10.1. The Morgan fingerprint density at radius 1 is 1.09 bits per heavy atom. The van der Waals surface area contributed by atoms with E-state index in [9.17, 15) is 32.3 Å². The third-order valence-corrected chi connectivity index (χ3v) is 6.59. The van der Waals surface area contributed by atoms with Crippen molar-refractivity contribution in [2.75, 3.05) is 11.9 Å². The fraction of sp³-hybridized carbons (Fsp3) is 0.174. The first kappa shape index (κ1) is 24.6. The van der Waals surface area contributed by atoms with Crippen LogP contribution in [0.5, 0.6) is 0 Å². The van der Waals surface area contributed by atoms with Gasteiger partial charge in [-0.3, -0.25) is 29.0 Å². The van der Waals surface area contributed by atoms with E-state index >= 15 is 0 Å². The molecule has 12 heteroatoms. The van der Waals surface area contributed by atoms with Gasteiger partial charge in [0, 0.05) is 0 Å². The molecular formula is C23H16F3N3O4S2. The monoisotopic (exact) mass is 519 g/mol. The van der Waals surface area contributed by atoms with E-state index in [0.29, 0.717) is 4.90 Å². The molecule has 2 aliphatic heterocycles. The van der Waals surface area contributed by atoms with E-state index < -0.39 is 60.1 Å². The van der Waals surface area contributed by atoms with Gasteiger partial charge >= 0.3 is 6.18 Å². The summed E-state index contributed by atoms with van der Waals surface area (Å²) in [5.41, 5.74) is -0.809. The molecule has 35 heavy (non-hydrogen) atoms. The number of amides is 4. The number of thiocarbonyl (C=S) groups is 1. The summed E-state index contributed by atoms with van der Waals surface area (Å²) >= 11 is 6.25. The summed E-state index contributed by atoms with van der Waals surface area (Å²) in [6, 6.07) is 12.1. The van der Waals surface area contributed by atoms with Crippen LogP contribution >= 0.6 is 24.0 Å². The third kappa shape index (κ3) is 5.13. The Morgan fingerprint density at radius 3 is 2.43 bits per heavy atom. The maximum absolute atomic E-state index is 13.2. The Labute approximate surface area is 206 Å². The van der Waals surface area contributed by atoms with Crippen LogP contribution in [-0.4, -0.2) is 50.3 Å². The predicted octanol–water partition coefficient (Wildman–Crippen LogP) is 3.67. The van der Waals surface area contributed by atoms with Crippen LogP contribution in [0.2, 0.25) is 0 Å². The Kier molecular flexibility index (Phi) is 6.77. The molecule has 0 spiro atoms. The lowest BCUT2D eigenvalue weighted by Crippen LogP contribution is -2.45. The Morgan fingerprint density at radius 2 is 1.74 bits per heavy atom. The smallest absolute Gasteiger partial charge is 0.324 e. The molecule has 180 valence electrons. The number of halogens is 3. The molecule has 2 fully saturated rings. The second-order valence-electron chi connectivity index (χ2n) is 7.59. The number of benzene rings is 2. The maximum Gasteiger partial charge on any atom is 0.418 e. The zero-order valence-corrected chi connectivity index (χ0v) is 19.4. The summed E-state index contributed by atoms with van der Waals surface area (Å²) in [7, 11) is 0. The fourth-order valence-corrected chi connectivity index (χ4v) is 5.01. The molecule has 2 aromatic rings. The Bertz CT molecular complexity index is 1260. The number of carbonyl (C=O) groups excluding carboxylic acids is 4. The molecule has 4 amide bonds. The van der Waals surface area contributed by atoms with Gasteiger partial charge < -0.3 is 5.32 Å². The molecule has 0 aromatic heterocycles. The number of carbonyl (C=O) groups is 4. The average molecular weight is 520 g/mol. The summed E-state index contributed by atoms with van der Waals surface area (Å²) in [6.07, 6.45) is -3.48. The molecule has 2 aliphatic rings. The van der Waals surface area contributed by atoms with Crippen molar-refractivity contribution in [1.29, 1.82) is 0 Å². The van der Waals surface area contributed by atoms with Crippen molar-refractivity contribution in [2.24, 2.45) is 0 Å². The third-order valence-electron chi connectivity index (χ3n) is 5.26. The number of anilines is 1. The first-order valence-electron chi connectivity index (χ1n) is 10.2. The van der Waals surface area contributed by atoms with Crippen LogP contribution in [0, 0.1) is 0 Å². The van der Waals surface area contributed by atoms with Gasteiger partial charge in [0.05, 0.1) is 22.6 Å². The fourth-order valence-electron chi connectivity index (χ4n) is 3.66. The summed E-state index contributed by atoms with van der Waals surface area (Å²) < 4.78 is 39.6. The quantitative estimate of drug-likeness (QED) is 0.369. The number of alkyl halides is 3. The van der Waals surface area contributed by atoms with Gasteiger partial charge in [0.1, 0.15) is 16.9 Å². The van der Waals surface area contributed by atoms with E-state index in [-0.39, 0.29) is 9.23 Å². The van der Waals surface area contributed by atoms with Crippen LogP contribution < -0.4 is 5.32 Å².